The number of nitrogens with zero attached hydrogens (tertiary/aromatic N) is 2. The molecule has 1 aliphatic heterocycles. The predicted molar refractivity (Wildman–Crippen MR) is 118 cm³/mol. The quantitative estimate of drug-likeness (QED) is 0.764. The van der Waals surface area contributed by atoms with Crippen molar-refractivity contribution in [3.05, 3.63) is 52.0 Å². The minimum atomic E-state index is -0.255. The van der Waals surface area contributed by atoms with Crippen LogP contribution in [0.25, 0.3) is 0 Å². The topological polar surface area (TPSA) is 61.8 Å². The van der Waals surface area contributed by atoms with E-state index in [1.54, 1.807) is 17.0 Å². The number of rotatable bonds is 3. The van der Waals surface area contributed by atoms with Gasteiger partial charge in [-0.3, -0.25) is 14.6 Å². The fourth-order valence-corrected chi connectivity index (χ4v) is 4.18. The molecule has 6 heteroatoms. The second kappa shape index (κ2) is 7.64. The fraction of sp³-hybridized carbons (Fsp3) is 0.348. The zero-order valence-corrected chi connectivity index (χ0v) is 17.6. The maximum atomic E-state index is 13.3. The van der Waals surface area contributed by atoms with Crippen LogP contribution in [-0.2, 0) is 9.59 Å². The SMILES string of the molecule is Cc1cc2c(cc1C)N(CC(=O)Nc1cc(Cl)ccc1C)C(=O)[C@@H]1CCCC1=N2. The molecule has 0 spiro atoms. The Morgan fingerprint density at radius 2 is 1.93 bits per heavy atom. The van der Waals surface area contributed by atoms with E-state index in [0.717, 1.165) is 47.4 Å². The van der Waals surface area contributed by atoms with Gasteiger partial charge < -0.3 is 10.2 Å². The minimum absolute atomic E-state index is 0.0405. The number of aryl methyl sites for hydroxylation is 3. The first-order chi connectivity index (χ1) is 13.8. The lowest BCUT2D eigenvalue weighted by Crippen LogP contribution is -2.42. The van der Waals surface area contributed by atoms with Crippen molar-refractivity contribution in [3.63, 3.8) is 0 Å². The van der Waals surface area contributed by atoms with Crippen LogP contribution >= 0.6 is 11.6 Å². The lowest BCUT2D eigenvalue weighted by Gasteiger charge is -2.25. The Bertz CT molecular complexity index is 1040. The number of carbonyl (C=O) groups excluding carboxylic acids is 2. The zero-order chi connectivity index (χ0) is 20.7. The summed E-state index contributed by atoms with van der Waals surface area (Å²) in [5.74, 6) is -0.528. The summed E-state index contributed by atoms with van der Waals surface area (Å²) in [6, 6.07) is 9.34. The molecule has 2 aromatic rings. The molecule has 1 aliphatic carbocycles. The minimum Gasteiger partial charge on any atom is -0.324 e. The van der Waals surface area contributed by atoms with Crippen LogP contribution in [0, 0.1) is 26.7 Å². The number of aliphatic imine (C=N–C) groups is 1. The highest BCUT2D eigenvalue weighted by atomic mass is 35.5. The fourth-order valence-electron chi connectivity index (χ4n) is 4.01. The molecule has 150 valence electrons. The van der Waals surface area contributed by atoms with E-state index in [-0.39, 0.29) is 24.3 Å². The van der Waals surface area contributed by atoms with Crippen LogP contribution in [0.3, 0.4) is 0 Å². The molecule has 1 fully saturated rings. The molecule has 1 atom stereocenters. The van der Waals surface area contributed by atoms with E-state index in [4.69, 9.17) is 16.6 Å². The number of fused-ring (bicyclic) bond motifs is 2. The van der Waals surface area contributed by atoms with E-state index in [9.17, 15) is 9.59 Å². The van der Waals surface area contributed by atoms with Crippen molar-refractivity contribution in [2.45, 2.75) is 40.0 Å². The van der Waals surface area contributed by atoms with Crippen LogP contribution in [0.4, 0.5) is 17.1 Å². The van der Waals surface area contributed by atoms with Gasteiger partial charge in [0.25, 0.3) is 0 Å². The van der Waals surface area contributed by atoms with Gasteiger partial charge in [0.15, 0.2) is 0 Å². The van der Waals surface area contributed by atoms with E-state index >= 15 is 0 Å². The van der Waals surface area contributed by atoms with Gasteiger partial charge in [0.05, 0.1) is 17.3 Å². The Labute approximate surface area is 175 Å². The summed E-state index contributed by atoms with van der Waals surface area (Å²) in [4.78, 5) is 32.6. The van der Waals surface area contributed by atoms with Gasteiger partial charge in [0, 0.05) is 16.4 Å². The number of nitrogens with one attached hydrogen (secondary N) is 1. The van der Waals surface area contributed by atoms with Gasteiger partial charge in [-0.15, -0.1) is 0 Å². The molecule has 2 aromatic carbocycles. The molecule has 1 heterocycles. The Morgan fingerprint density at radius 1 is 1.17 bits per heavy atom. The smallest absolute Gasteiger partial charge is 0.244 e. The molecule has 0 saturated heterocycles. The van der Waals surface area contributed by atoms with E-state index in [1.807, 2.05) is 39.0 Å². The largest absolute Gasteiger partial charge is 0.324 e. The summed E-state index contributed by atoms with van der Waals surface area (Å²) in [6.07, 6.45) is 2.58. The van der Waals surface area contributed by atoms with Crippen molar-refractivity contribution in [3.8, 4) is 0 Å². The molecule has 0 bridgehead atoms. The molecule has 4 rings (SSSR count). The summed E-state index contributed by atoms with van der Waals surface area (Å²) in [5.41, 5.74) is 6.18. The Balaban J connectivity index is 1.67. The average molecular weight is 410 g/mol. The number of anilines is 2. The van der Waals surface area contributed by atoms with Crippen LogP contribution in [0.1, 0.15) is 36.0 Å². The number of amides is 2. The molecule has 0 unspecified atom stereocenters. The monoisotopic (exact) mass is 409 g/mol. The third-order valence-corrected chi connectivity index (χ3v) is 6.05. The highest BCUT2D eigenvalue weighted by Gasteiger charge is 2.37. The van der Waals surface area contributed by atoms with Crippen molar-refractivity contribution in [1.29, 1.82) is 0 Å². The number of hydrogen-bond acceptors (Lipinski definition) is 3. The Hall–Kier alpha value is -2.66. The molecule has 1 N–H and O–H groups in total. The Kier molecular flexibility index (Phi) is 5.17. The van der Waals surface area contributed by atoms with Crippen LogP contribution in [0.2, 0.25) is 5.02 Å². The van der Waals surface area contributed by atoms with Gasteiger partial charge in [-0.25, -0.2) is 0 Å². The van der Waals surface area contributed by atoms with E-state index in [1.165, 1.54) is 0 Å². The highest BCUT2D eigenvalue weighted by molar-refractivity contribution is 6.31. The normalized spacial score (nSPS) is 18.1. The Morgan fingerprint density at radius 3 is 2.72 bits per heavy atom. The third kappa shape index (κ3) is 3.79. The van der Waals surface area contributed by atoms with E-state index < -0.39 is 0 Å². The number of hydrogen-bond donors (Lipinski definition) is 1. The maximum absolute atomic E-state index is 13.3. The first-order valence-corrected chi connectivity index (χ1v) is 10.3. The maximum Gasteiger partial charge on any atom is 0.244 e. The van der Waals surface area contributed by atoms with E-state index in [0.29, 0.717) is 16.4 Å². The molecule has 0 radical (unpaired) electrons. The second-order valence-electron chi connectivity index (χ2n) is 7.90. The number of benzene rings is 2. The molecule has 2 aliphatic rings. The molecule has 29 heavy (non-hydrogen) atoms. The lowest BCUT2D eigenvalue weighted by molar-refractivity contribution is -0.122. The van der Waals surface area contributed by atoms with Crippen LogP contribution in [-0.4, -0.2) is 24.1 Å². The molecule has 1 saturated carbocycles. The van der Waals surface area contributed by atoms with Crippen LogP contribution in [0.15, 0.2) is 35.3 Å². The average Bonchev–Trinajstić information content (AvgIpc) is 3.10. The van der Waals surface area contributed by atoms with Crippen molar-refractivity contribution >= 4 is 46.2 Å². The standard InChI is InChI=1S/C23H24ClN3O2/c1-13-7-8-16(24)11-19(13)26-22(28)12-27-21-10-15(3)14(2)9-20(21)25-18-6-4-5-17(18)23(27)29/h7-11,17H,4-6,12H2,1-3H3,(H,26,28)/t17-/m1/s1. The van der Waals surface area contributed by atoms with Gasteiger partial charge in [-0.2, -0.15) is 0 Å². The summed E-state index contributed by atoms with van der Waals surface area (Å²) in [7, 11) is 0. The summed E-state index contributed by atoms with van der Waals surface area (Å²) in [6.45, 7) is 5.89. The van der Waals surface area contributed by atoms with Crippen molar-refractivity contribution in [1.82, 2.24) is 0 Å². The highest BCUT2D eigenvalue weighted by Crippen LogP contribution is 2.39. The van der Waals surface area contributed by atoms with Gasteiger partial charge >= 0.3 is 0 Å². The van der Waals surface area contributed by atoms with Gasteiger partial charge in [0.2, 0.25) is 11.8 Å². The van der Waals surface area contributed by atoms with Gasteiger partial charge in [0.1, 0.15) is 6.54 Å². The molecule has 5 nitrogen and oxygen atoms in total. The van der Waals surface area contributed by atoms with Crippen molar-refractivity contribution in [2.75, 3.05) is 16.8 Å². The molecule has 2 amide bonds. The second-order valence-corrected chi connectivity index (χ2v) is 8.34. The summed E-state index contributed by atoms with van der Waals surface area (Å²) in [5, 5.41) is 3.45. The van der Waals surface area contributed by atoms with Crippen LogP contribution in [0.5, 0.6) is 0 Å². The van der Waals surface area contributed by atoms with E-state index in [2.05, 4.69) is 5.32 Å². The molecule has 0 aromatic heterocycles. The predicted octanol–water partition coefficient (Wildman–Crippen LogP) is 5.12. The number of carbonyl (C=O) groups is 2. The lowest BCUT2D eigenvalue weighted by atomic mass is 10.0. The van der Waals surface area contributed by atoms with Crippen molar-refractivity contribution in [2.24, 2.45) is 10.9 Å². The van der Waals surface area contributed by atoms with Crippen LogP contribution < -0.4 is 10.2 Å². The summed E-state index contributed by atoms with van der Waals surface area (Å²) >= 11 is 6.07. The molecular weight excluding hydrogens is 386 g/mol. The first kappa shape index (κ1) is 19.6. The third-order valence-electron chi connectivity index (χ3n) is 5.81. The van der Waals surface area contributed by atoms with Crippen molar-refractivity contribution < 1.29 is 9.59 Å². The first-order valence-electron chi connectivity index (χ1n) is 9.89. The number of halogens is 1. The zero-order valence-electron chi connectivity index (χ0n) is 16.9. The molecular formula is C23H24ClN3O2. The van der Waals surface area contributed by atoms with Gasteiger partial charge in [-0.1, -0.05) is 17.7 Å². The van der Waals surface area contributed by atoms with Gasteiger partial charge in [-0.05, 0) is 81.0 Å². The summed E-state index contributed by atoms with van der Waals surface area (Å²) < 4.78 is 0.